The van der Waals surface area contributed by atoms with Crippen LogP contribution in [-0.2, 0) is 4.74 Å². The lowest BCUT2D eigenvalue weighted by Gasteiger charge is -2.49. The summed E-state index contributed by atoms with van der Waals surface area (Å²) >= 11 is 0. The van der Waals surface area contributed by atoms with Gasteiger partial charge in [0, 0.05) is 37.8 Å². The molecule has 0 aliphatic carbocycles. The van der Waals surface area contributed by atoms with Gasteiger partial charge < -0.3 is 10.1 Å². The first-order valence-corrected chi connectivity index (χ1v) is 6.31. The van der Waals surface area contributed by atoms with Crippen LogP contribution in [0.25, 0.3) is 0 Å². The second-order valence-electron chi connectivity index (χ2n) is 5.11. The van der Waals surface area contributed by atoms with Crippen molar-refractivity contribution < 1.29 is 4.74 Å². The van der Waals surface area contributed by atoms with Crippen LogP contribution in [0, 0.1) is 0 Å². The molecule has 2 heterocycles. The summed E-state index contributed by atoms with van der Waals surface area (Å²) in [6.07, 6.45) is 3.75. The highest BCUT2D eigenvalue weighted by molar-refractivity contribution is 4.94. The molecule has 1 N–H and O–H groups in total. The maximum Gasteiger partial charge on any atom is 0.0647 e. The molecule has 3 heteroatoms. The van der Waals surface area contributed by atoms with E-state index in [1.165, 1.54) is 25.8 Å². The largest absolute Gasteiger partial charge is 0.380 e. The molecule has 2 unspecified atom stereocenters. The van der Waals surface area contributed by atoms with Gasteiger partial charge >= 0.3 is 0 Å². The third kappa shape index (κ3) is 2.35. The van der Waals surface area contributed by atoms with Gasteiger partial charge in [-0.1, -0.05) is 6.92 Å². The molecule has 3 nitrogen and oxygen atoms in total. The molecule has 0 aromatic rings. The van der Waals surface area contributed by atoms with Crippen LogP contribution in [0.5, 0.6) is 0 Å². The predicted octanol–water partition coefficient (Wildman–Crippen LogP) is 1.24. The Balaban J connectivity index is 2.04. The smallest absolute Gasteiger partial charge is 0.0647 e. The van der Waals surface area contributed by atoms with E-state index in [9.17, 15) is 0 Å². The van der Waals surface area contributed by atoms with Crippen LogP contribution in [0.1, 0.15) is 33.1 Å². The Labute approximate surface area is 93.2 Å². The van der Waals surface area contributed by atoms with E-state index in [2.05, 4.69) is 24.1 Å². The third-order valence-electron chi connectivity index (χ3n) is 3.93. The number of hydrogen-bond donors (Lipinski definition) is 1. The molecular formula is C12H24N2O. The highest BCUT2D eigenvalue weighted by Gasteiger charge is 2.38. The van der Waals surface area contributed by atoms with Crippen molar-refractivity contribution in [1.82, 2.24) is 10.2 Å². The summed E-state index contributed by atoms with van der Waals surface area (Å²) in [5.74, 6) is 0. The monoisotopic (exact) mass is 212 g/mol. The van der Waals surface area contributed by atoms with Crippen molar-refractivity contribution in [3.8, 4) is 0 Å². The van der Waals surface area contributed by atoms with Gasteiger partial charge in [0.05, 0.1) is 6.61 Å². The maximum atomic E-state index is 5.67. The molecular weight excluding hydrogens is 188 g/mol. The zero-order valence-corrected chi connectivity index (χ0v) is 10.1. The molecule has 0 bridgehead atoms. The molecule has 0 spiro atoms. The fourth-order valence-corrected chi connectivity index (χ4v) is 2.98. The summed E-state index contributed by atoms with van der Waals surface area (Å²) in [6.45, 7) is 10.00. The SMILES string of the molecule is CCC1CNCCN1C1(C)CCCOC1. The summed E-state index contributed by atoms with van der Waals surface area (Å²) in [6, 6.07) is 0.699. The van der Waals surface area contributed by atoms with Crippen LogP contribution in [0.4, 0.5) is 0 Å². The Morgan fingerprint density at radius 3 is 3.07 bits per heavy atom. The zero-order chi connectivity index (χ0) is 10.7. The van der Waals surface area contributed by atoms with E-state index in [-0.39, 0.29) is 0 Å². The summed E-state index contributed by atoms with van der Waals surface area (Å²) in [7, 11) is 0. The van der Waals surface area contributed by atoms with Crippen molar-refractivity contribution in [3.63, 3.8) is 0 Å². The standard InChI is InChI=1S/C12H24N2O/c1-3-11-9-13-6-7-14(11)12(2)5-4-8-15-10-12/h11,13H,3-10H2,1-2H3. The lowest BCUT2D eigenvalue weighted by atomic mass is 9.89. The van der Waals surface area contributed by atoms with Crippen molar-refractivity contribution >= 4 is 0 Å². The Kier molecular flexibility index (Phi) is 3.65. The van der Waals surface area contributed by atoms with Crippen LogP contribution < -0.4 is 5.32 Å². The van der Waals surface area contributed by atoms with E-state index in [1.807, 2.05) is 0 Å². The van der Waals surface area contributed by atoms with E-state index >= 15 is 0 Å². The molecule has 2 rings (SSSR count). The molecule has 0 amide bonds. The topological polar surface area (TPSA) is 24.5 Å². The highest BCUT2D eigenvalue weighted by Crippen LogP contribution is 2.29. The number of ether oxygens (including phenoxy) is 1. The first-order chi connectivity index (χ1) is 7.26. The lowest BCUT2D eigenvalue weighted by Crippen LogP contribution is -2.62. The molecule has 0 aromatic carbocycles. The molecule has 0 aromatic heterocycles. The van der Waals surface area contributed by atoms with Gasteiger partial charge in [0.2, 0.25) is 0 Å². The van der Waals surface area contributed by atoms with Crippen LogP contribution in [-0.4, -0.2) is 49.3 Å². The molecule has 0 radical (unpaired) electrons. The minimum absolute atomic E-state index is 0.293. The molecule has 2 aliphatic heterocycles. The molecule has 15 heavy (non-hydrogen) atoms. The van der Waals surface area contributed by atoms with Crippen molar-refractivity contribution in [2.24, 2.45) is 0 Å². The highest BCUT2D eigenvalue weighted by atomic mass is 16.5. The summed E-state index contributed by atoms with van der Waals surface area (Å²) in [5, 5.41) is 3.49. The second kappa shape index (κ2) is 4.81. The van der Waals surface area contributed by atoms with Crippen molar-refractivity contribution in [3.05, 3.63) is 0 Å². The van der Waals surface area contributed by atoms with Crippen LogP contribution in [0.3, 0.4) is 0 Å². The number of rotatable bonds is 2. The van der Waals surface area contributed by atoms with Crippen LogP contribution in [0.2, 0.25) is 0 Å². The quantitative estimate of drug-likeness (QED) is 0.745. The molecule has 2 saturated heterocycles. The minimum atomic E-state index is 0.293. The second-order valence-corrected chi connectivity index (χ2v) is 5.11. The number of piperazine rings is 1. The molecule has 2 atom stereocenters. The number of nitrogens with one attached hydrogen (secondary N) is 1. The van der Waals surface area contributed by atoms with Gasteiger partial charge in [0.25, 0.3) is 0 Å². The Hall–Kier alpha value is -0.120. The van der Waals surface area contributed by atoms with Gasteiger partial charge in [0.1, 0.15) is 0 Å². The van der Waals surface area contributed by atoms with Gasteiger partial charge in [-0.15, -0.1) is 0 Å². The molecule has 0 saturated carbocycles. The molecule has 2 fully saturated rings. The average molecular weight is 212 g/mol. The van der Waals surface area contributed by atoms with Crippen molar-refractivity contribution in [2.75, 3.05) is 32.8 Å². The Morgan fingerprint density at radius 1 is 1.53 bits per heavy atom. The van der Waals surface area contributed by atoms with Gasteiger partial charge in [-0.3, -0.25) is 4.90 Å². The summed E-state index contributed by atoms with van der Waals surface area (Å²) in [5.41, 5.74) is 0.293. The van der Waals surface area contributed by atoms with Crippen LogP contribution >= 0.6 is 0 Å². The van der Waals surface area contributed by atoms with Crippen LogP contribution in [0.15, 0.2) is 0 Å². The van der Waals surface area contributed by atoms with Gasteiger partial charge in [0.15, 0.2) is 0 Å². The molecule has 88 valence electrons. The van der Waals surface area contributed by atoms with E-state index in [4.69, 9.17) is 4.74 Å². The molecule has 2 aliphatic rings. The average Bonchev–Trinajstić information content (AvgIpc) is 2.30. The van der Waals surface area contributed by atoms with E-state index in [0.29, 0.717) is 11.6 Å². The fraction of sp³-hybridized carbons (Fsp3) is 1.00. The van der Waals surface area contributed by atoms with Crippen molar-refractivity contribution in [1.29, 1.82) is 0 Å². The normalized spacial score (nSPS) is 39.2. The maximum absolute atomic E-state index is 5.67. The first-order valence-electron chi connectivity index (χ1n) is 6.31. The minimum Gasteiger partial charge on any atom is -0.380 e. The zero-order valence-electron chi connectivity index (χ0n) is 10.1. The number of nitrogens with zero attached hydrogens (tertiary/aromatic N) is 1. The summed E-state index contributed by atoms with van der Waals surface area (Å²) < 4.78 is 5.67. The Morgan fingerprint density at radius 2 is 2.40 bits per heavy atom. The van der Waals surface area contributed by atoms with E-state index in [1.54, 1.807) is 0 Å². The summed E-state index contributed by atoms with van der Waals surface area (Å²) in [4.78, 5) is 2.68. The van der Waals surface area contributed by atoms with Gasteiger partial charge in [-0.2, -0.15) is 0 Å². The fourth-order valence-electron chi connectivity index (χ4n) is 2.98. The lowest BCUT2D eigenvalue weighted by molar-refractivity contribution is -0.0651. The van der Waals surface area contributed by atoms with Crippen molar-refractivity contribution in [2.45, 2.75) is 44.7 Å². The number of hydrogen-bond acceptors (Lipinski definition) is 3. The Bertz CT molecular complexity index is 202. The first kappa shape index (κ1) is 11.4. The third-order valence-corrected chi connectivity index (χ3v) is 3.93. The van der Waals surface area contributed by atoms with Gasteiger partial charge in [-0.05, 0) is 26.2 Å². The predicted molar refractivity (Wildman–Crippen MR) is 62.1 cm³/mol. The van der Waals surface area contributed by atoms with E-state index < -0.39 is 0 Å². The van der Waals surface area contributed by atoms with Gasteiger partial charge in [-0.25, -0.2) is 0 Å². The van der Waals surface area contributed by atoms with E-state index in [0.717, 1.165) is 26.3 Å².